The van der Waals surface area contributed by atoms with Crippen molar-refractivity contribution in [3.8, 4) is 0 Å². The molecule has 1 fully saturated rings. The van der Waals surface area contributed by atoms with E-state index in [0.717, 1.165) is 37.5 Å². The number of Topliss-reactive ketones (excluding diaryl/α,β-unsaturated/α-hetero) is 1. The molecule has 0 bridgehead atoms. The highest BCUT2D eigenvalue weighted by Gasteiger charge is 2.24. The Morgan fingerprint density at radius 2 is 1.95 bits per heavy atom. The molecule has 2 rings (SSSR count). The molecule has 0 aromatic heterocycles. The zero-order chi connectivity index (χ0) is 15.6. The molecule has 0 aliphatic carbocycles. The van der Waals surface area contributed by atoms with Gasteiger partial charge in [-0.25, -0.2) is 0 Å². The molecule has 21 heavy (non-hydrogen) atoms. The van der Waals surface area contributed by atoms with Crippen molar-refractivity contribution in [3.05, 3.63) is 33.9 Å². The van der Waals surface area contributed by atoms with Gasteiger partial charge >= 0.3 is 0 Å². The summed E-state index contributed by atoms with van der Waals surface area (Å²) in [4.78, 5) is 24.3. The predicted octanol–water partition coefficient (Wildman–Crippen LogP) is 3.67. The average molecular weight is 290 g/mol. The normalized spacial score (nSPS) is 16.3. The minimum Gasteiger partial charge on any atom is -0.371 e. The van der Waals surface area contributed by atoms with Crippen LogP contribution >= 0.6 is 0 Å². The van der Waals surface area contributed by atoms with E-state index >= 15 is 0 Å². The minimum absolute atomic E-state index is 0.108. The van der Waals surface area contributed by atoms with E-state index in [1.165, 1.54) is 13.0 Å². The lowest BCUT2D eigenvalue weighted by molar-refractivity contribution is -0.385. The van der Waals surface area contributed by atoms with Crippen molar-refractivity contribution in [3.63, 3.8) is 0 Å². The number of hydrogen-bond acceptors (Lipinski definition) is 4. The first kappa shape index (κ1) is 15.5. The largest absolute Gasteiger partial charge is 0.371 e. The fourth-order valence-corrected chi connectivity index (χ4v) is 2.99. The maximum atomic E-state index is 11.6. The van der Waals surface area contributed by atoms with E-state index in [0.29, 0.717) is 5.92 Å². The monoisotopic (exact) mass is 290 g/mol. The van der Waals surface area contributed by atoms with Crippen molar-refractivity contribution < 1.29 is 9.72 Å². The van der Waals surface area contributed by atoms with Gasteiger partial charge in [-0.3, -0.25) is 14.9 Å². The number of nitro benzene ring substituents is 1. The molecule has 0 unspecified atom stereocenters. The Labute approximate surface area is 125 Å². The Kier molecular flexibility index (Phi) is 4.60. The molecule has 1 saturated heterocycles. The van der Waals surface area contributed by atoms with Crippen molar-refractivity contribution in [1.82, 2.24) is 0 Å². The van der Waals surface area contributed by atoms with E-state index < -0.39 is 4.92 Å². The molecule has 0 saturated carbocycles. The smallest absolute Gasteiger partial charge is 0.280 e. The van der Waals surface area contributed by atoms with Crippen LogP contribution in [0.5, 0.6) is 0 Å². The van der Waals surface area contributed by atoms with Crippen molar-refractivity contribution in [2.45, 2.75) is 33.6 Å². The summed E-state index contributed by atoms with van der Waals surface area (Å²) in [7, 11) is 0. The van der Waals surface area contributed by atoms with E-state index in [1.807, 2.05) is 0 Å². The third-order valence-corrected chi connectivity index (χ3v) is 4.40. The van der Waals surface area contributed by atoms with Gasteiger partial charge in [-0.05, 0) is 43.7 Å². The molecule has 1 heterocycles. The van der Waals surface area contributed by atoms with Crippen molar-refractivity contribution in [1.29, 1.82) is 0 Å². The molecule has 1 aliphatic heterocycles. The van der Waals surface area contributed by atoms with Gasteiger partial charge in [-0.1, -0.05) is 13.8 Å². The van der Waals surface area contributed by atoms with Gasteiger partial charge in [-0.2, -0.15) is 0 Å². The van der Waals surface area contributed by atoms with Crippen LogP contribution in [0.25, 0.3) is 0 Å². The Morgan fingerprint density at radius 3 is 2.43 bits per heavy atom. The lowest BCUT2D eigenvalue weighted by atomic mass is 9.86. The first-order valence-electron chi connectivity index (χ1n) is 7.44. The molecule has 0 N–H and O–H groups in total. The third-order valence-electron chi connectivity index (χ3n) is 4.40. The third kappa shape index (κ3) is 3.40. The summed E-state index contributed by atoms with van der Waals surface area (Å²) in [6, 6.07) is 4.86. The van der Waals surface area contributed by atoms with Crippen LogP contribution in [0.3, 0.4) is 0 Å². The quantitative estimate of drug-likeness (QED) is 0.482. The number of piperidine rings is 1. The van der Waals surface area contributed by atoms with Gasteiger partial charge in [0.15, 0.2) is 5.78 Å². The van der Waals surface area contributed by atoms with E-state index in [-0.39, 0.29) is 17.0 Å². The van der Waals surface area contributed by atoms with E-state index in [4.69, 9.17) is 0 Å². The van der Waals surface area contributed by atoms with E-state index in [1.54, 1.807) is 12.1 Å². The second-order valence-corrected chi connectivity index (χ2v) is 6.08. The van der Waals surface area contributed by atoms with Crippen LogP contribution < -0.4 is 4.90 Å². The maximum absolute atomic E-state index is 11.6. The van der Waals surface area contributed by atoms with Crippen LogP contribution in [-0.4, -0.2) is 23.8 Å². The van der Waals surface area contributed by atoms with Gasteiger partial charge in [0.05, 0.1) is 10.5 Å². The number of benzene rings is 1. The summed E-state index contributed by atoms with van der Waals surface area (Å²) < 4.78 is 0. The first-order chi connectivity index (χ1) is 9.90. The van der Waals surface area contributed by atoms with Crippen LogP contribution in [0.2, 0.25) is 0 Å². The molecule has 114 valence electrons. The molecule has 1 aromatic rings. The number of carbonyl (C=O) groups excluding carboxylic acids is 1. The number of hydrogen-bond donors (Lipinski definition) is 0. The molecule has 0 spiro atoms. The zero-order valence-electron chi connectivity index (χ0n) is 12.8. The Morgan fingerprint density at radius 1 is 1.33 bits per heavy atom. The van der Waals surface area contributed by atoms with E-state index in [9.17, 15) is 14.9 Å². The molecule has 0 amide bonds. The Balaban J connectivity index is 2.20. The van der Waals surface area contributed by atoms with Crippen LogP contribution in [-0.2, 0) is 0 Å². The van der Waals surface area contributed by atoms with Gasteiger partial charge in [0.1, 0.15) is 0 Å². The van der Waals surface area contributed by atoms with E-state index in [2.05, 4.69) is 18.7 Å². The predicted molar refractivity (Wildman–Crippen MR) is 82.9 cm³/mol. The lowest BCUT2D eigenvalue weighted by Gasteiger charge is -2.35. The molecule has 1 aliphatic rings. The average Bonchev–Trinajstić information content (AvgIpc) is 2.46. The summed E-state index contributed by atoms with van der Waals surface area (Å²) in [5, 5.41) is 11.0. The van der Waals surface area contributed by atoms with Crippen molar-refractivity contribution in [2.75, 3.05) is 18.0 Å². The highest BCUT2D eigenvalue weighted by molar-refractivity contribution is 5.99. The first-order valence-corrected chi connectivity index (χ1v) is 7.44. The van der Waals surface area contributed by atoms with Gasteiger partial charge < -0.3 is 4.90 Å². The van der Waals surface area contributed by atoms with Crippen LogP contribution in [0.4, 0.5) is 11.4 Å². The summed E-state index contributed by atoms with van der Waals surface area (Å²) in [6.45, 7) is 7.76. The molecule has 0 atom stereocenters. The molecule has 0 radical (unpaired) electrons. The number of anilines is 1. The summed E-state index contributed by atoms with van der Waals surface area (Å²) in [5.41, 5.74) is 1.000. The van der Waals surface area contributed by atoms with Crippen LogP contribution in [0, 0.1) is 22.0 Å². The van der Waals surface area contributed by atoms with Gasteiger partial charge in [-0.15, -0.1) is 0 Å². The van der Waals surface area contributed by atoms with Gasteiger partial charge in [0.25, 0.3) is 5.69 Å². The molecule has 1 aromatic carbocycles. The van der Waals surface area contributed by atoms with Crippen molar-refractivity contribution >= 4 is 17.2 Å². The fourth-order valence-electron chi connectivity index (χ4n) is 2.99. The molecule has 5 heteroatoms. The summed E-state index contributed by atoms with van der Waals surface area (Å²) in [5.74, 6) is 1.17. The second-order valence-electron chi connectivity index (χ2n) is 6.08. The topological polar surface area (TPSA) is 63.5 Å². The Bertz CT molecular complexity index is 546. The van der Waals surface area contributed by atoms with Gasteiger partial charge in [0, 0.05) is 24.8 Å². The van der Waals surface area contributed by atoms with Crippen molar-refractivity contribution in [2.24, 2.45) is 11.8 Å². The SMILES string of the molecule is CC(=O)c1cc(N2CCC(C(C)C)CC2)ccc1[N+](=O)[O-]. The lowest BCUT2D eigenvalue weighted by Crippen LogP contribution is -2.35. The summed E-state index contributed by atoms with van der Waals surface area (Å²) >= 11 is 0. The second kappa shape index (κ2) is 6.24. The number of nitro groups is 1. The number of rotatable bonds is 4. The summed E-state index contributed by atoms with van der Waals surface area (Å²) in [6.07, 6.45) is 2.26. The maximum Gasteiger partial charge on any atom is 0.280 e. The highest BCUT2D eigenvalue weighted by atomic mass is 16.6. The standard InChI is InChI=1S/C16H22N2O3/c1-11(2)13-6-8-17(9-7-13)14-4-5-16(18(20)21)15(10-14)12(3)19/h4-5,10-11,13H,6-9H2,1-3H3. The molecular weight excluding hydrogens is 268 g/mol. The number of carbonyl (C=O) groups is 1. The number of ketones is 1. The van der Waals surface area contributed by atoms with Crippen LogP contribution in [0.1, 0.15) is 44.0 Å². The zero-order valence-corrected chi connectivity index (χ0v) is 12.8. The fraction of sp³-hybridized carbons (Fsp3) is 0.562. The number of nitrogens with zero attached hydrogens (tertiary/aromatic N) is 2. The van der Waals surface area contributed by atoms with Crippen LogP contribution in [0.15, 0.2) is 18.2 Å². The Hall–Kier alpha value is -1.91. The molecule has 5 nitrogen and oxygen atoms in total. The highest BCUT2D eigenvalue weighted by Crippen LogP contribution is 2.30. The molecular formula is C16H22N2O3. The minimum atomic E-state index is -0.495. The van der Waals surface area contributed by atoms with Gasteiger partial charge in [0.2, 0.25) is 0 Å².